The van der Waals surface area contributed by atoms with E-state index < -0.39 is 0 Å². The van der Waals surface area contributed by atoms with Gasteiger partial charge >= 0.3 is 0 Å². The zero-order valence-corrected chi connectivity index (χ0v) is 12.6. The number of anilines is 1. The summed E-state index contributed by atoms with van der Waals surface area (Å²) in [6.07, 6.45) is 7.31. The molecule has 1 aliphatic rings. The van der Waals surface area contributed by atoms with E-state index in [1.54, 1.807) is 0 Å². The van der Waals surface area contributed by atoms with Crippen LogP contribution in [0, 0.1) is 0 Å². The van der Waals surface area contributed by atoms with Gasteiger partial charge in [0.2, 0.25) is 0 Å². The van der Waals surface area contributed by atoms with Crippen LogP contribution in [0.25, 0.3) is 10.9 Å². The van der Waals surface area contributed by atoms with Crippen molar-refractivity contribution < 1.29 is 0 Å². The molecule has 1 N–H and O–H groups in total. The molecule has 0 atom stereocenters. The van der Waals surface area contributed by atoms with Crippen molar-refractivity contribution >= 4 is 16.6 Å². The Hall–Kier alpha value is -1.57. The lowest BCUT2D eigenvalue weighted by Crippen LogP contribution is -2.06. The molecule has 0 saturated carbocycles. The Balaban J connectivity index is 2.24. The van der Waals surface area contributed by atoms with E-state index >= 15 is 0 Å². The fourth-order valence-electron chi connectivity index (χ4n) is 3.25. The average Bonchev–Trinajstić information content (AvgIpc) is 2.72. The van der Waals surface area contributed by atoms with Gasteiger partial charge in [0.25, 0.3) is 0 Å². The minimum atomic E-state index is 0.974. The summed E-state index contributed by atoms with van der Waals surface area (Å²) in [6, 6.07) is 6.74. The van der Waals surface area contributed by atoms with Crippen LogP contribution in [-0.2, 0) is 19.3 Å². The number of aromatic nitrogens is 1. The van der Waals surface area contributed by atoms with E-state index in [4.69, 9.17) is 4.98 Å². The number of fused-ring (bicyclic) bond motifs is 2. The van der Waals surface area contributed by atoms with Crippen LogP contribution in [0.1, 0.15) is 49.9 Å². The molecule has 3 rings (SSSR count). The smallest absolute Gasteiger partial charge is 0.0726 e. The summed E-state index contributed by atoms with van der Waals surface area (Å²) in [5, 5.41) is 4.93. The van der Waals surface area contributed by atoms with Crippen molar-refractivity contribution in [2.45, 2.75) is 52.4 Å². The summed E-state index contributed by atoms with van der Waals surface area (Å²) in [5.41, 5.74) is 6.70. The molecule has 0 fully saturated rings. The summed E-state index contributed by atoms with van der Waals surface area (Å²) < 4.78 is 0. The molecular formula is C18H24N2. The number of nitrogens with one attached hydrogen (secondary N) is 1. The molecule has 0 saturated heterocycles. The Labute approximate surface area is 121 Å². The third-order valence-electron chi connectivity index (χ3n) is 4.34. The monoisotopic (exact) mass is 268 g/mol. The molecule has 0 bridgehead atoms. The van der Waals surface area contributed by atoms with Gasteiger partial charge < -0.3 is 5.32 Å². The summed E-state index contributed by atoms with van der Waals surface area (Å²) in [7, 11) is 0. The maximum absolute atomic E-state index is 4.95. The predicted octanol–water partition coefficient (Wildman–Crippen LogP) is 4.50. The zero-order chi connectivity index (χ0) is 13.9. The molecule has 0 unspecified atom stereocenters. The molecule has 0 radical (unpaired) electrons. The van der Waals surface area contributed by atoms with Gasteiger partial charge in [-0.2, -0.15) is 0 Å². The molecule has 0 aliphatic heterocycles. The minimum absolute atomic E-state index is 0.974. The highest BCUT2D eigenvalue weighted by Crippen LogP contribution is 2.33. The molecule has 0 amide bonds. The van der Waals surface area contributed by atoms with Crippen molar-refractivity contribution in [2.24, 2.45) is 0 Å². The number of pyridine rings is 1. The molecule has 20 heavy (non-hydrogen) atoms. The van der Waals surface area contributed by atoms with Crippen LogP contribution in [0.4, 0.5) is 5.69 Å². The van der Waals surface area contributed by atoms with Crippen LogP contribution in [0.2, 0.25) is 0 Å². The van der Waals surface area contributed by atoms with Gasteiger partial charge in [-0.3, -0.25) is 4.98 Å². The number of aryl methyl sites for hydroxylation is 2. The Morgan fingerprint density at radius 1 is 1.10 bits per heavy atom. The van der Waals surface area contributed by atoms with Gasteiger partial charge in [-0.25, -0.2) is 0 Å². The van der Waals surface area contributed by atoms with Gasteiger partial charge in [-0.05, 0) is 62.3 Å². The fraction of sp³-hybridized carbons (Fsp3) is 0.500. The first kappa shape index (κ1) is 13.4. The second kappa shape index (κ2) is 5.82. The van der Waals surface area contributed by atoms with E-state index in [1.807, 2.05) is 0 Å². The van der Waals surface area contributed by atoms with Crippen LogP contribution in [0.5, 0.6) is 0 Å². The van der Waals surface area contributed by atoms with Gasteiger partial charge in [-0.1, -0.05) is 19.4 Å². The molecule has 106 valence electrons. The standard InChI is InChI=1S/C18H24N2/c1-3-13-10-11-17-15(12-13)18(19-4-2)14-8-6-5-7-9-16(14)20-17/h10-12H,3-9H2,1-2H3,(H,19,20). The van der Waals surface area contributed by atoms with E-state index in [9.17, 15) is 0 Å². The molecule has 1 aromatic carbocycles. The lowest BCUT2D eigenvalue weighted by Gasteiger charge is -2.17. The summed E-state index contributed by atoms with van der Waals surface area (Å²) in [5.74, 6) is 0. The Morgan fingerprint density at radius 3 is 2.75 bits per heavy atom. The largest absolute Gasteiger partial charge is 0.384 e. The third-order valence-corrected chi connectivity index (χ3v) is 4.34. The predicted molar refractivity (Wildman–Crippen MR) is 86.5 cm³/mol. The highest BCUT2D eigenvalue weighted by atomic mass is 14.9. The molecule has 1 heterocycles. The quantitative estimate of drug-likeness (QED) is 0.829. The van der Waals surface area contributed by atoms with Crippen molar-refractivity contribution in [2.75, 3.05) is 11.9 Å². The number of hydrogen-bond acceptors (Lipinski definition) is 2. The maximum Gasteiger partial charge on any atom is 0.0726 e. The zero-order valence-electron chi connectivity index (χ0n) is 12.6. The van der Waals surface area contributed by atoms with E-state index in [0.29, 0.717) is 0 Å². The number of benzene rings is 1. The first-order valence-electron chi connectivity index (χ1n) is 8.01. The van der Waals surface area contributed by atoms with E-state index in [1.165, 1.54) is 53.6 Å². The van der Waals surface area contributed by atoms with Crippen molar-refractivity contribution in [1.82, 2.24) is 4.98 Å². The highest BCUT2D eigenvalue weighted by Gasteiger charge is 2.16. The fourth-order valence-corrected chi connectivity index (χ4v) is 3.25. The first-order valence-corrected chi connectivity index (χ1v) is 8.01. The van der Waals surface area contributed by atoms with Crippen LogP contribution in [0.15, 0.2) is 18.2 Å². The average molecular weight is 268 g/mol. The van der Waals surface area contributed by atoms with Gasteiger partial charge in [0.1, 0.15) is 0 Å². The van der Waals surface area contributed by atoms with Crippen LogP contribution in [-0.4, -0.2) is 11.5 Å². The molecule has 1 aliphatic carbocycles. The summed E-state index contributed by atoms with van der Waals surface area (Å²) in [4.78, 5) is 4.95. The van der Waals surface area contributed by atoms with Crippen LogP contribution < -0.4 is 5.32 Å². The van der Waals surface area contributed by atoms with Gasteiger partial charge in [-0.15, -0.1) is 0 Å². The topological polar surface area (TPSA) is 24.9 Å². The molecule has 1 aromatic heterocycles. The Morgan fingerprint density at radius 2 is 1.95 bits per heavy atom. The van der Waals surface area contributed by atoms with Gasteiger partial charge in [0.15, 0.2) is 0 Å². The highest BCUT2D eigenvalue weighted by molar-refractivity contribution is 5.94. The number of hydrogen-bond donors (Lipinski definition) is 1. The van der Waals surface area contributed by atoms with Crippen molar-refractivity contribution in [3.05, 3.63) is 35.0 Å². The molecule has 2 heteroatoms. The number of nitrogens with zero attached hydrogens (tertiary/aromatic N) is 1. The second-order valence-electron chi connectivity index (χ2n) is 5.71. The molecule has 2 aromatic rings. The Bertz CT molecular complexity index is 616. The third kappa shape index (κ3) is 2.39. The Kier molecular flexibility index (Phi) is 3.90. The van der Waals surface area contributed by atoms with Crippen LogP contribution >= 0.6 is 0 Å². The maximum atomic E-state index is 4.95. The SMILES string of the molecule is CCNc1c2c(nc3ccc(CC)cc13)CCCCC2. The van der Waals surface area contributed by atoms with Crippen molar-refractivity contribution in [1.29, 1.82) is 0 Å². The summed E-state index contributed by atoms with van der Waals surface area (Å²) in [6.45, 7) is 5.37. The summed E-state index contributed by atoms with van der Waals surface area (Å²) >= 11 is 0. The van der Waals surface area contributed by atoms with E-state index in [-0.39, 0.29) is 0 Å². The van der Waals surface area contributed by atoms with Crippen molar-refractivity contribution in [3.8, 4) is 0 Å². The normalized spacial score (nSPS) is 14.9. The molecule has 2 nitrogen and oxygen atoms in total. The number of rotatable bonds is 3. The second-order valence-corrected chi connectivity index (χ2v) is 5.71. The lowest BCUT2D eigenvalue weighted by molar-refractivity contribution is 0.709. The van der Waals surface area contributed by atoms with Gasteiger partial charge in [0, 0.05) is 23.3 Å². The van der Waals surface area contributed by atoms with Crippen molar-refractivity contribution in [3.63, 3.8) is 0 Å². The van der Waals surface area contributed by atoms with Crippen LogP contribution in [0.3, 0.4) is 0 Å². The van der Waals surface area contributed by atoms with E-state index in [0.717, 1.165) is 24.9 Å². The minimum Gasteiger partial charge on any atom is -0.384 e. The van der Waals surface area contributed by atoms with Gasteiger partial charge in [0.05, 0.1) is 5.52 Å². The molecular weight excluding hydrogens is 244 g/mol. The first-order chi connectivity index (χ1) is 9.83. The lowest BCUT2D eigenvalue weighted by atomic mass is 10.00. The van der Waals surface area contributed by atoms with E-state index in [2.05, 4.69) is 37.4 Å². The molecule has 0 spiro atoms.